The fraction of sp³-hybridized carbons (Fsp3) is 0.143. The molecule has 0 N–H and O–H groups in total. The minimum atomic E-state index is -0.664. The lowest BCUT2D eigenvalue weighted by atomic mass is 10.1. The molecule has 19 heavy (non-hydrogen) atoms. The first-order chi connectivity index (χ1) is 9.00. The number of hydrogen-bond donors (Lipinski definition) is 0. The molecule has 5 heteroatoms. The number of benzene rings is 2. The van der Waals surface area contributed by atoms with Gasteiger partial charge in [0.15, 0.2) is 0 Å². The van der Waals surface area contributed by atoms with Gasteiger partial charge in [0.2, 0.25) is 0 Å². The van der Waals surface area contributed by atoms with E-state index in [2.05, 4.69) is 15.9 Å². The third-order valence-corrected chi connectivity index (χ3v) is 3.41. The van der Waals surface area contributed by atoms with E-state index in [1.807, 2.05) is 0 Å². The zero-order valence-corrected chi connectivity index (χ0v) is 11.7. The molecular formula is C14H11BrF3N. The fourth-order valence-corrected chi connectivity index (χ4v) is 2.17. The van der Waals surface area contributed by atoms with Gasteiger partial charge < -0.3 is 4.90 Å². The van der Waals surface area contributed by atoms with Crippen LogP contribution < -0.4 is 4.90 Å². The number of halogens is 4. The summed E-state index contributed by atoms with van der Waals surface area (Å²) in [5, 5.41) is 0. The highest BCUT2D eigenvalue weighted by Crippen LogP contribution is 2.25. The van der Waals surface area contributed by atoms with E-state index < -0.39 is 17.5 Å². The van der Waals surface area contributed by atoms with Gasteiger partial charge >= 0.3 is 0 Å². The Balaban J connectivity index is 2.32. The van der Waals surface area contributed by atoms with Crippen molar-refractivity contribution in [3.8, 4) is 0 Å². The van der Waals surface area contributed by atoms with Gasteiger partial charge in [-0.1, -0.05) is 12.1 Å². The number of anilines is 1. The molecule has 0 heterocycles. The summed E-state index contributed by atoms with van der Waals surface area (Å²) in [5.41, 5.74) is 0.196. The number of para-hydroxylation sites is 1. The molecule has 0 spiro atoms. The molecule has 100 valence electrons. The zero-order chi connectivity index (χ0) is 14.0. The van der Waals surface area contributed by atoms with Crippen molar-refractivity contribution in [2.24, 2.45) is 0 Å². The largest absolute Gasteiger partial charge is 0.368 e. The van der Waals surface area contributed by atoms with Crippen LogP contribution in [0, 0.1) is 17.5 Å². The average Bonchev–Trinajstić information content (AvgIpc) is 2.39. The van der Waals surface area contributed by atoms with E-state index in [1.54, 1.807) is 25.2 Å². The molecule has 0 aliphatic carbocycles. The molecule has 0 bridgehead atoms. The molecule has 0 amide bonds. The quantitative estimate of drug-likeness (QED) is 0.749. The Bertz CT molecular complexity index is 601. The molecular weight excluding hydrogens is 319 g/mol. The fourth-order valence-electron chi connectivity index (χ4n) is 1.80. The Labute approximate surface area is 117 Å². The molecule has 2 rings (SSSR count). The predicted molar refractivity (Wildman–Crippen MR) is 72.6 cm³/mol. The Morgan fingerprint density at radius 1 is 1.00 bits per heavy atom. The van der Waals surface area contributed by atoms with Crippen molar-refractivity contribution in [3.63, 3.8) is 0 Å². The van der Waals surface area contributed by atoms with E-state index in [1.165, 1.54) is 23.1 Å². The van der Waals surface area contributed by atoms with Crippen LogP contribution in [0.3, 0.4) is 0 Å². The maximum absolute atomic E-state index is 13.8. The summed E-state index contributed by atoms with van der Waals surface area (Å²) in [6.45, 7) is -0.0575. The van der Waals surface area contributed by atoms with E-state index in [9.17, 15) is 13.2 Å². The summed E-state index contributed by atoms with van der Waals surface area (Å²) < 4.78 is 41.2. The second kappa shape index (κ2) is 5.65. The normalized spacial score (nSPS) is 10.6. The first-order valence-corrected chi connectivity index (χ1v) is 6.38. The summed E-state index contributed by atoms with van der Waals surface area (Å²) in [6, 6.07) is 8.58. The Hall–Kier alpha value is -1.49. The van der Waals surface area contributed by atoms with Gasteiger partial charge in [0, 0.05) is 19.2 Å². The maximum atomic E-state index is 13.8. The van der Waals surface area contributed by atoms with Gasteiger partial charge in [-0.3, -0.25) is 0 Å². The summed E-state index contributed by atoms with van der Waals surface area (Å²) in [5.74, 6) is -1.74. The van der Waals surface area contributed by atoms with Crippen LogP contribution in [0.2, 0.25) is 0 Å². The van der Waals surface area contributed by atoms with Crippen LogP contribution in [0.1, 0.15) is 5.56 Å². The molecule has 0 aromatic heterocycles. The van der Waals surface area contributed by atoms with Crippen LogP contribution in [0.25, 0.3) is 0 Å². The van der Waals surface area contributed by atoms with Gasteiger partial charge in [-0.05, 0) is 40.2 Å². The first kappa shape index (κ1) is 13.9. The van der Waals surface area contributed by atoms with E-state index in [4.69, 9.17) is 0 Å². The third kappa shape index (κ3) is 2.92. The van der Waals surface area contributed by atoms with E-state index >= 15 is 0 Å². The van der Waals surface area contributed by atoms with E-state index in [-0.39, 0.29) is 16.6 Å². The zero-order valence-electron chi connectivity index (χ0n) is 10.1. The smallest absolute Gasteiger partial charge is 0.146 e. The maximum Gasteiger partial charge on any atom is 0.146 e. The summed E-state index contributed by atoms with van der Waals surface area (Å²) in [7, 11) is 1.58. The lowest BCUT2D eigenvalue weighted by molar-refractivity contribution is 0.547. The predicted octanol–water partition coefficient (Wildman–Crippen LogP) is 4.50. The van der Waals surface area contributed by atoms with Crippen molar-refractivity contribution >= 4 is 21.6 Å². The third-order valence-electron chi connectivity index (χ3n) is 2.80. The first-order valence-electron chi connectivity index (χ1n) is 5.58. The van der Waals surface area contributed by atoms with Gasteiger partial charge in [-0.25, -0.2) is 13.2 Å². The lowest BCUT2D eigenvalue weighted by Gasteiger charge is -2.20. The minimum absolute atomic E-state index is 0.0575. The van der Waals surface area contributed by atoms with Crippen molar-refractivity contribution in [1.29, 1.82) is 0 Å². The lowest BCUT2D eigenvalue weighted by Crippen LogP contribution is -2.19. The van der Waals surface area contributed by atoms with Crippen molar-refractivity contribution in [1.82, 2.24) is 0 Å². The highest BCUT2D eigenvalue weighted by Gasteiger charge is 2.15. The molecule has 1 nitrogen and oxygen atoms in total. The molecule has 0 aliphatic heterocycles. The van der Waals surface area contributed by atoms with Crippen LogP contribution in [0.4, 0.5) is 18.9 Å². The molecule has 0 unspecified atom stereocenters. The Kier molecular flexibility index (Phi) is 4.14. The molecule has 2 aromatic rings. The second-order valence-electron chi connectivity index (χ2n) is 4.13. The van der Waals surface area contributed by atoms with Gasteiger partial charge in [0.25, 0.3) is 0 Å². The van der Waals surface area contributed by atoms with Gasteiger partial charge in [-0.15, -0.1) is 0 Å². The van der Waals surface area contributed by atoms with E-state index in [0.717, 1.165) is 0 Å². The molecule has 0 atom stereocenters. The molecule has 0 aliphatic rings. The van der Waals surface area contributed by atoms with Crippen LogP contribution in [0.15, 0.2) is 40.9 Å². The molecule has 0 saturated heterocycles. The molecule has 2 aromatic carbocycles. The van der Waals surface area contributed by atoms with Crippen LogP contribution in [-0.4, -0.2) is 7.05 Å². The molecule has 0 fully saturated rings. The number of hydrogen-bond acceptors (Lipinski definition) is 1. The summed E-state index contributed by atoms with van der Waals surface area (Å²) >= 11 is 3.01. The van der Waals surface area contributed by atoms with Crippen molar-refractivity contribution in [2.75, 3.05) is 11.9 Å². The van der Waals surface area contributed by atoms with Crippen molar-refractivity contribution < 1.29 is 13.2 Å². The number of rotatable bonds is 3. The molecule has 0 saturated carbocycles. The summed E-state index contributed by atoms with van der Waals surface area (Å²) in [6.07, 6.45) is 0. The second-order valence-corrected chi connectivity index (χ2v) is 4.98. The highest BCUT2D eigenvalue weighted by atomic mass is 79.9. The van der Waals surface area contributed by atoms with Crippen molar-refractivity contribution in [2.45, 2.75) is 6.54 Å². The minimum Gasteiger partial charge on any atom is -0.368 e. The van der Waals surface area contributed by atoms with Crippen LogP contribution >= 0.6 is 15.9 Å². The van der Waals surface area contributed by atoms with Gasteiger partial charge in [-0.2, -0.15) is 0 Å². The van der Waals surface area contributed by atoms with Crippen LogP contribution in [0.5, 0.6) is 0 Å². The van der Waals surface area contributed by atoms with Gasteiger partial charge in [0.1, 0.15) is 17.5 Å². The number of nitrogens with zero attached hydrogens (tertiary/aromatic N) is 1. The highest BCUT2D eigenvalue weighted by molar-refractivity contribution is 9.10. The average molecular weight is 330 g/mol. The summed E-state index contributed by atoms with van der Waals surface area (Å²) in [4.78, 5) is 1.46. The monoisotopic (exact) mass is 329 g/mol. The molecule has 0 radical (unpaired) electrons. The van der Waals surface area contributed by atoms with E-state index in [0.29, 0.717) is 5.69 Å². The van der Waals surface area contributed by atoms with Crippen molar-refractivity contribution in [3.05, 3.63) is 63.9 Å². The SMILES string of the molecule is CN(Cc1c(F)ccc(Br)c1F)c1ccccc1F. The topological polar surface area (TPSA) is 3.24 Å². The Morgan fingerprint density at radius 2 is 1.68 bits per heavy atom. The standard InChI is InChI=1S/C14H11BrF3N/c1-19(13-5-3-2-4-12(13)17)8-9-11(16)7-6-10(15)14(9)18/h2-7H,8H2,1H3. The Morgan fingerprint density at radius 3 is 2.37 bits per heavy atom. The van der Waals surface area contributed by atoms with Gasteiger partial charge in [0.05, 0.1) is 10.2 Å². The van der Waals surface area contributed by atoms with Crippen LogP contribution in [-0.2, 0) is 6.54 Å².